The summed E-state index contributed by atoms with van der Waals surface area (Å²) in [6.07, 6.45) is 7.72. The standard InChI is InChI=1S/C12H16O2/c1-4-5-6-10-8-11(7-9(10)2)12(13)14-3/h4-5,7H,6,8H2,1-3H3/b5-4-. The molecule has 0 aromatic rings. The van der Waals surface area contributed by atoms with Crippen LogP contribution < -0.4 is 0 Å². The first-order chi connectivity index (χ1) is 6.69. The Kier molecular flexibility index (Phi) is 3.69. The number of ether oxygens (including phenoxy) is 1. The summed E-state index contributed by atoms with van der Waals surface area (Å²) in [4.78, 5) is 11.2. The Bertz CT molecular complexity index is 319. The molecule has 2 nitrogen and oxygen atoms in total. The van der Waals surface area contributed by atoms with E-state index in [0.29, 0.717) is 0 Å². The van der Waals surface area contributed by atoms with E-state index in [-0.39, 0.29) is 5.97 Å². The normalized spacial score (nSPS) is 16.4. The van der Waals surface area contributed by atoms with Crippen molar-refractivity contribution in [1.82, 2.24) is 0 Å². The average molecular weight is 192 g/mol. The van der Waals surface area contributed by atoms with Crippen molar-refractivity contribution in [3.8, 4) is 0 Å². The van der Waals surface area contributed by atoms with E-state index in [1.807, 2.05) is 26.0 Å². The molecule has 0 heterocycles. The highest BCUT2D eigenvalue weighted by Crippen LogP contribution is 2.28. The fourth-order valence-electron chi connectivity index (χ4n) is 1.54. The van der Waals surface area contributed by atoms with Gasteiger partial charge in [-0.25, -0.2) is 4.79 Å². The molecule has 0 aromatic heterocycles. The Hall–Kier alpha value is -1.31. The number of carbonyl (C=O) groups is 1. The monoisotopic (exact) mass is 192 g/mol. The van der Waals surface area contributed by atoms with Gasteiger partial charge in [0.2, 0.25) is 0 Å². The smallest absolute Gasteiger partial charge is 0.334 e. The lowest BCUT2D eigenvalue weighted by Crippen LogP contribution is -2.02. The molecule has 0 bridgehead atoms. The molecule has 0 atom stereocenters. The molecule has 0 radical (unpaired) electrons. The third-order valence-corrected chi connectivity index (χ3v) is 2.40. The predicted octanol–water partition coefficient (Wildman–Crippen LogP) is 2.77. The third kappa shape index (κ3) is 2.34. The minimum absolute atomic E-state index is 0.208. The van der Waals surface area contributed by atoms with Gasteiger partial charge in [0, 0.05) is 12.0 Å². The first-order valence-electron chi connectivity index (χ1n) is 4.77. The molecule has 0 amide bonds. The van der Waals surface area contributed by atoms with Crippen molar-refractivity contribution in [2.24, 2.45) is 0 Å². The van der Waals surface area contributed by atoms with Gasteiger partial charge in [-0.3, -0.25) is 0 Å². The summed E-state index contributed by atoms with van der Waals surface area (Å²) in [6, 6.07) is 0. The van der Waals surface area contributed by atoms with Crippen LogP contribution in [0, 0.1) is 0 Å². The summed E-state index contributed by atoms with van der Waals surface area (Å²) in [7, 11) is 1.42. The zero-order valence-electron chi connectivity index (χ0n) is 8.96. The minimum Gasteiger partial charge on any atom is -0.466 e. The number of hydrogen-bond acceptors (Lipinski definition) is 2. The van der Waals surface area contributed by atoms with Gasteiger partial charge in [-0.15, -0.1) is 0 Å². The summed E-state index contributed by atoms with van der Waals surface area (Å²) < 4.78 is 4.68. The van der Waals surface area contributed by atoms with E-state index >= 15 is 0 Å². The van der Waals surface area contributed by atoms with Gasteiger partial charge in [0.25, 0.3) is 0 Å². The molecule has 0 N–H and O–H groups in total. The van der Waals surface area contributed by atoms with Crippen LogP contribution >= 0.6 is 0 Å². The van der Waals surface area contributed by atoms with Crippen LogP contribution in [0.5, 0.6) is 0 Å². The maximum atomic E-state index is 11.2. The molecule has 0 aliphatic heterocycles. The van der Waals surface area contributed by atoms with Crippen LogP contribution in [0.4, 0.5) is 0 Å². The van der Waals surface area contributed by atoms with Crippen molar-refractivity contribution in [2.45, 2.75) is 26.7 Å². The lowest BCUT2D eigenvalue weighted by atomic mass is 10.1. The van der Waals surface area contributed by atoms with Crippen molar-refractivity contribution >= 4 is 5.97 Å². The van der Waals surface area contributed by atoms with Crippen LogP contribution in [0.1, 0.15) is 26.7 Å². The molecule has 1 rings (SSSR count). The summed E-state index contributed by atoms with van der Waals surface area (Å²) in [5.74, 6) is -0.208. The molecule has 0 fully saturated rings. The molecule has 2 heteroatoms. The second-order valence-corrected chi connectivity index (χ2v) is 3.40. The van der Waals surface area contributed by atoms with Crippen molar-refractivity contribution in [1.29, 1.82) is 0 Å². The van der Waals surface area contributed by atoms with E-state index in [9.17, 15) is 4.79 Å². The third-order valence-electron chi connectivity index (χ3n) is 2.40. The van der Waals surface area contributed by atoms with Crippen molar-refractivity contribution in [3.05, 3.63) is 34.9 Å². The molecule has 0 spiro atoms. The average Bonchev–Trinajstić information content (AvgIpc) is 2.56. The maximum Gasteiger partial charge on any atom is 0.334 e. The van der Waals surface area contributed by atoms with E-state index in [0.717, 1.165) is 18.4 Å². The second-order valence-electron chi connectivity index (χ2n) is 3.40. The van der Waals surface area contributed by atoms with Crippen molar-refractivity contribution < 1.29 is 9.53 Å². The van der Waals surface area contributed by atoms with Gasteiger partial charge < -0.3 is 4.74 Å². The first-order valence-corrected chi connectivity index (χ1v) is 4.77. The zero-order chi connectivity index (χ0) is 10.6. The Balaban J connectivity index is 2.64. The molecule has 0 saturated heterocycles. The molecule has 0 unspecified atom stereocenters. The topological polar surface area (TPSA) is 26.3 Å². The largest absolute Gasteiger partial charge is 0.466 e. The lowest BCUT2D eigenvalue weighted by molar-refractivity contribution is -0.136. The van der Waals surface area contributed by atoms with Gasteiger partial charge >= 0.3 is 5.97 Å². The predicted molar refractivity (Wildman–Crippen MR) is 56.8 cm³/mol. The Morgan fingerprint density at radius 3 is 2.93 bits per heavy atom. The maximum absolute atomic E-state index is 11.2. The number of allylic oxidation sites excluding steroid dienone is 5. The van der Waals surface area contributed by atoms with Crippen molar-refractivity contribution in [3.63, 3.8) is 0 Å². The highest BCUT2D eigenvalue weighted by atomic mass is 16.5. The van der Waals surface area contributed by atoms with Crippen LogP contribution in [0.3, 0.4) is 0 Å². The van der Waals surface area contributed by atoms with Gasteiger partial charge in [-0.05, 0) is 26.3 Å². The summed E-state index contributed by atoms with van der Waals surface area (Å²) >= 11 is 0. The SMILES string of the molecule is C/C=C\CC1=C(C)C=C(C(=O)OC)C1. The molecular weight excluding hydrogens is 176 g/mol. The van der Waals surface area contributed by atoms with Crippen molar-refractivity contribution in [2.75, 3.05) is 7.11 Å². The molecule has 1 aliphatic rings. The lowest BCUT2D eigenvalue weighted by Gasteiger charge is -2.01. The number of methoxy groups -OCH3 is 1. The van der Waals surface area contributed by atoms with Gasteiger partial charge in [0.1, 0.15) is 0 Å². The molecule has 0 saturated carbocycles. The van der Waals surface area contributed by atoms with Crippen LogP contribution in [0.2, 0.25) is 0 Å². The molecule has 76 valence electrons. The van der Waals surface area contributed by atoms with E-state index < -0.39 is 0 Å². The first kappa shape index (κ1) is 10.8. The fraction of sp³-hybridized carbons (Fsp3) is 0.417. The van der Waals surface area contributed by atoms with Crippen LogP contribution in [0.15, 0.2) is 34.9 Å². The quantitative estimate of drug-likeness (QED) is 0.507. The molecular formula is C12H16O2. The summed E-state index contributed by atoms with van der Waals surface area (Å²) in [5, 5.41) is 0. The van der Waals surface area contributed by atoms with E-state index in [1.54, 1.807) is 0 Å². The van der Waals surface area contributed by atoms with Crippen LogP contribution in [-0.4, -0.2) is 13.1 Å². The van der Waals surface area contributed by atoms with E-state index in [4.69, 9.17) is 0 Å². The highest BCUT2D eigenvalue weighted by molar-refractivity contribution is 5.90. The number of rotatable bonds is 3. The van der Waals surface area contributed by atoms with E-state index in [2.05, 4.69) is 10.8 Å². The van der Waals surface area contributed by atoms with Gasteiger partial charge in [-0.2, -0.15) is 0 Å². The van der Waals surface area contributed by atoms with Crippen LogP contribution in [0.25, 0.3) is 0 Å². The minimum atomic E-state index is -0.208. The number of carbonyl (C=O) groups excluding carboxylic acids is 1. The Morgan fingerprint density at radius 2 is 2.36 bits per heavy atom. The highest BCUT2D eigenvalue weighted by Gasteiger charge is 2.18. The van der Waals surface area contributed by atoms with Gasteiger partial charge in [-0.1, -0.05) is 23.3 Å². The fourth-order valence-corrected chi connectivity index (χ4v) is 1.54. The zero-order valence-corrected chi connectivity index (χ0v) is 8.96. The molecule has 14 heavy (non-hydrogen) atoms. The second kappa shape index (κ2) is 4.80. The van der Waals surface area contributed by atoms with Crippen LogP contribution in [-0.2, 0) is 9.53 Å². The Labute approximate surface area is 85.0 Å². The molecule has 1 aliphatic carbocycles. The summed E-state index contributed by atoms with van der Waals surface area (Å²) in [6.45, 7) is 4.04. The molecule has 0 aromatic carbocycles. The number of esters is 1. The Morgan fingerprint density at radius 1 is 1.64 bits per heavy atom. The van der Waals surface area contributed by atoms with E-state index in [1.165, 1.54) is 18.3 Å². The summed E-state index contributed by atoms with van der Waals surface area (Å²) in [5.41, 5.74) is 3.27. The van der Waals surface area contributed by atoms with Gasteiger partial charge in [0.05, 0.1) is 7.11 Å². The number of hydrogen-bond donors (Lipinski definition) is 0. The van der Waals surface area contributed by atoms with Gasteiger partial charge in [0.15, 0.2) is 0 Å².